The van der Waals surface area contributed by atoms with Crippen molar-refractivity contribution in [2.24, 2.45) is 5.73 Å². The zero-order valence-electron chi connectivity index (χ0n) is 22.6. The number of urea groups is 1. The fraction of sp³-hybridized carbons (Fsp3) is 0.333. The van der Waals surface area contributed by atoms with Crippen molar-refractivity contribution in [2.45, 2.75) is 32.4 Å². The topological polar surface area (TPSA) is 187 Å². The molecule has 3 aromatic rings. The van der Waals surface area contributed by atoms with Gasteiger partial charge in [-0.1, -0.05) is 24.3 Å². The Kier molecular flexibility index (Phi) is 12.5. The number of thiazole rings is 1. The first-order valence-electron chi connectivity index (χ1n) is 12.9. The molecule has 0 aliphatic heterocycles. The molecule has 0 bridgehead atoms. The first kappa shape index (κ1) is 31.0. The van der Waals surface area contributed by atoms with E-state index in [0.717, 1.165) is 16.9 Å². The van der Waals surface area contributed by atoms with Crippen LogP contribution in [0.1, 0.15) is 47.4 Å². The molecule has 2 aromatic heterocycles. The van der Waals surface area contributed by atoms with Gasteiger partial charge >= 0.3 is 12.0 Å². The predicted molar refractivity (Wildman–Crippen MR) is 152 cm³/mol. The highest BCUT2D eigenvalue weighted by atomic mass is 32.1. The second-order valence-electron chi connectivity index (χ2n) is 8.54. The molecular weight excluding hydrogens is 550 g/mol. The molecule has 0 saturated carbocycles. The summed E-state index contributed by atoms with van der Waals surface area (Å²) in [5.41, 5.74) is 6.96. The van der Waals surface area contributed by atoms with Gasteiger partial charge in [0.2, 0.25) is 5.91 Å². The second kappa shape index (κ2) is 16.5. The minimum absolute atomic E-state index is 0.0343. The van der Waals surface area contributed by atoms with Crippen molar-refractivity contribution >= 4 is 40.3 Å². The van der Waals surface area contributed by atoms with Gasteiger partial charge in [0.15, 0.2) is 5.13 Å². The Morgan fingerprint density at radius 1 is 1.10 bits per heavy atom. The van der Waals surface area contributed by atoms with E-state index in [1.807, 2.05) is 24.3 Å². The van der Waals surface area contributed by atoms with Crippen LogP contribution in [0.5, 0.6) is 5.75 Å². The highest BCUT2D eigenvalue weighted by Gasteiger charge is 2.20. The Bertz CT molecular complexity index is 1300. The van der Waals surface area contributed by atoms with E-state index in [1.165, 1.54) is 5.38 Å². The third kappa shape index (κ3) is 10.5. The molecule has 0 radical (unpaired) electrons. The molecule has 1 unspecified atom stereocenters. The average molecular weight is 584 g/mol. The van der Waals surface area contributed by atoms with E-state index in [9.17, 15) is 19.2 Å². The van der Waals surface area contributed by atoms with E-state index in [4.69, 9.17) is 15.2 Å². The fourth-order valence-corrected chi connectivity index (χ4v) is 4.21. The Labute approximate surface area is 241 Å². The number of nitrogens with one attached hydrogen (secondary N) is 4. The third-order valence-corrected chi connectivity index (χ3v) is 6.24. The molecule has 14 heteroatoms. The molecule has 0 fully saturated rings. The number of hydrogen-bond donors (Lipinski definition) is 5. The number of para-hydroxylation sites is 1. The predicted octanol–water partition coefficient (Wildman–Crippen LogP) is 2.13. The monoisotopic (exact) mass is 583 g/mol. The number of carbonyl (C=O) groups is 4. The molecule has 6 N–H and O–H groups in total. The maximum Gasteiger partial charge on any atom is 0.321 e. The van der Waals surface area contributed by atoms with Crippen molar-refractivity contribution in [3.8, 4) is 5.75 Å². The van der Waals surface area contributed by atoms with Gasteiger partial charge in [-0.05, 0) is 37.6 Å². The first-order chi connectivity index (χ1) is 19.9. The Morgan fingerprint density at radius 2 is 1.93 bits per heavy atom. The van der Waals surface area contributed by atoms with Gasteiger partial charge < -0.3 is 31.2 Å². The van der Waals surface area contributed by atoms with E-state index in [-0.39, 0.29) is 36.9 Å². The van der Waals surface area contributed by atoms with E-state index in [0.29, 0.717) is 30.9 Å². The molecule has 41 heavy (non-hydrogen) atoms. The van der Waals surface area contributed by atoms with E-state index in [2.05, 4.69) is 31.2 Å². The lowest BCUT2D eigenvalue weighted by Gasteiger charge is -2.18. The molecule has 218 valence electrons. The number of carbonyl (C=O) groups excluding carboxylic acids is 4. The Balaban J connectivity index is 1.47. The molecule has 0 spiro atoms. The number of ether oxygens (including phenoxy) is 2. The second-order valence-corrected chi connectivity index (χ2v) is 9.40. The summed E-state index contributed by atoms with van der Waals surface area (Å²) in [5.74, 6) is -0.933. The van der Waals surface area contributed by atoms with Gasteiger partial charge in [0.05, 0.1) is 32.2 Å². The summed E-state index contributed by atoms with van der Waals surface area (Å²) in [6.45, 7) is 2.77. The van der Waals surface area contributed by atoms with Gasteiger partial charge in [-0.3, -0.25) is 24.7 Å². The average Bonchev–Trinajstić information content (AvgIpc) is 3.44. The van der Waals surface area contributed by atoms with Crippen LogP contribution in [-0.4, -0.2) is 60.1 Å². The van der Waals surface area contributed by atoms with Crippen LogP contribution in [0, 0.1) is 0 Å². The fourth-order valence-electron chi connectivity index (χ4n) is 3.53. The van der Waals surface area contributed by atoms with E-state index < -0.39 is 29.9 Å². The minimum atomic E-state index is -0.676. The molecule has 1 aromatic carbocycles. The number of amides is 4. The lowest BCUT2D eigenvalue weighted by Crippen LogP contribution is -2.39. The van der Waals surface area contributed by atoms with Crippen LogP contribution in [-0.2, 0) is 20.9 Å². The highest BCUT2D eigenvalue weighted by molar-refractivity contribution is 7.14. The van der Waals surface area contributed by atoms with Crippen LogP contribution >= 0.6 is 11.3 Å². The molecule has 0 saturated heterocycles. The number of benzene rings is 1. The van der Waals surface area contributed by atoms with Crippen molar-refractivity contribution in [1.29, 1.82) is 0 Å². The van der Waals surface area contributed by atoms with Crippen molar-refractivity contribution < 1.29 is 28.7 Å². The molecular formula is C27H33N7O6S. The van der Waals surface area contributed by atoms with Crippen LogP contribution < -0.4 is 31.7 Å². The molecule has 2 heterocycles. The van der Waals surface area contributed by atoms with E-state index in [1.54, 1.807) is 31.5 Å². The van der Waals surface area contributed by atoms with Crippen LogP contribution in [0.25, 0.3) is 0 Å². The van der Waals surface area contributed by atoms with Gasteiger partial charge in [0.1, 0.15) is 11.4 Å². The smallest absolute Gasteiger partial charge is 0.321 e. The summed E-state index contributed by atoms with van der Waals surface area (Å²) < 4.78 is 10.7. The number of nitrogens with zero attached hydrogens (tertiary/aromatic N) is 2. The van der Waals surface area contributed by atoms with Crippen molar-refractivity contribution in [3.63, 3.8) is 0 Å². The SMILES string of the molecule is CCOC(=O)CC(NC(=O)CNC(=O)c1csc(NC(=O)NCc2ccccc2OCCCN)n1)c1cccnc1. The summed E-state index contributed by atoms with van der Waals surface area (Å²) in [5, 5.41) is 12.2. The van der Waals surface area contributed by atoms with Crippen molar-refractivity contribution in [2.75, 3.05) is 31.6 Å². The number of nitrogens with two attached hydrogens (primary N) is 1. The van der Waals surface area contributed by atoms with Crippen LogP contribution in [0.15, 0.2) is 54.2 Å². The third-order valence-electron chi connectivity index (χ3n) is 5.48. The van der Waals surface area contributed by atoms with Crippen molar-refractivity contribution in [1.82, 2.24) is 25.9 Å². The molecule has 1 atom stereocenters. The number of anilines is 1. The lowest BCUT2D eigenvalue weighted by atomic mass is 10.1. The quantitative estimate of drug-likeness (QED) is 0.132. The highest BCUT2D eigenvalue weighted by Crippen LogP contribution is 2.19. The standard InChI is InChI=1S/C27H33N7O6S/c1-2-39-24(36)13-20(18-8-5-11-29-14-18)32-23(35)16-30-25(37)21-17-41-27(33-21)34-26(38)31-15-19-7-3-4-9-22(19)40-12-6-10-28/h3-5,7-9,11,14,17,20H,2,6,10,12-13,15-16,28H2,1H3,(H,30,37)(H,32,35)(H2,31,33,34,38). The Morgan fingerprint density at radius 3 is 2.68 bits per heavy atom. The van der Waals surface area contributed by atoms with Gasteiger partial charge in [0.25, 0.3) is 5.91 Å². The maximum atomic E-state index is 12.5. The molecule has 0 aliphatic rings. The summed E-state index contributed by atoms with van der Waals surface area (Å²) in [6, 6.07) is 9.58. The molecule has 13 nitrogen and oxygen atoms in total. The van der Waals surface area contributed by atoms with Gasteiger partial charge in [-0.2, -0.15) is 0 Å². The first-order valence-corrected chi connectivity index (χ1v) is 13.8. The summed E-state index contributed by atoms with van der Waals surface area (Å²) in [4.78, 5) is 57.6. The largest absolute Gasteiger partial charge is 0.493 e. The number of hydrogen-bond acceptors (Lipinski definition) is 10. The van der Waals surface area contributed by atoms with Crippen LogP contribution in [0.2, 0.25) is 0 Å². The minimum Gasteiger partial charge on any atom is -0.493 e. The van der Waals surface area contributed by atoms with Crippen molar-refractivity contribution in [3.05, 3.63) is 71.0 Å². The summed E-state index contributed by atoms with van der Waals surface area (Å²) in [7, 11) is 0. The Hall–Kier alpha value is -4.56. The number of esters is 1. The zero-order valence-corrected chi connectivity index (χ0v) is 23.4. The van der Waals surface area contributed by atoms with Gasteiger partial charge in [-0.15, -0.1) is 11.3 Å². The number of aromatic nitrogens is 2. The summed E-state index contributed by atoms with van der Waals surface area (Å²) in [6.07, 6.45) is 3.75. The normalized spacial score (nSPS) is 11.2. The number of pyridine rings is 1. The molecule has 0 aliphatic carbocycles. The van der Waals surface area contributed by atoms with Crippen LogP contribution in [0.3, 0.4) is 0 Å². The van der Waals surface area contributed by atoms with Gasteiger partial charge in [0, 0.05) is 29.9 Å². The lowest BCUT2D eigenvalue weighted by molar-refractivity contribution is -0.143. The van der Waals surface area contributed by atoms with Gasteiger partial charge in [-0.25, -0.2) is 9.78 Å². The molecule has 4 amide bonds. The number of rotatable bonds is 15. The molecule has 3 rings (SSSR count). The zero-order chi connectivity index (χ0) is 29.5. The summed E-state index contributed by atoms with van der Waals surface area (Å²) >= 11 is 1.06. The van der Waals surface area contributed by atoms with Crippen LogP contribution in [0.4, 0.5) is 9.93 Å². The maximum absolute atomic E-state index is 12.5. The van der Waals surface area contributed by atoms with E-state index >= 15 is 0 Å².